The summed E-state index contributed by atoms with van der Waals surface area (Å²) in [6.07, 6.45) is 1.74. The normalized spacial score (nSPS) is 11.6. The monoisotopic (exact) mass is 309 g/mol. The summed E-state index contributed by atoms with van der Waals surface area (Å²) in [5.74, 6) is 0.0393. The molecule has 0 radical (unpaired) electrons. The summed E-state index contributed by atoms with van der Waals surface area (Å²) in [4.78, 5) is 14.5. The zero-order chi connectivity index (χ0) is 16.0. The fourth-order valence-corrected chi connectivity index (χ4v) is 2.72. The lowest BCUT2D eigenvalue weighted by molar-refractivity contribution is -0.114. The van der Waals surface area contributed by atoms with E-state index in [9.17, 15) is 4.79 Å². The Hall–Kier alpha value is -2.13. The van der Waals surface area contributed by atoms with E-state index in [0.29, 0.717) is 6.54 Å². The lowest BCUT2D eigenvalue weighted by Crippen LogP contribution is -2.29. The quantitative estimate of drug-likeness (QED) is 0.581. The molecule has 1 amide bonds. The van der Waals surface area contributed by atoms with Gasteiger partial charge in [-0.15, -0.1) is 0 Å². The highest BCUT2D eigenvalue weighted by atomic mass is 28.3. The number of anilines is 1. The minimum absolute atomic E-state index is 0.0393. The van der Waals surface area contributed by atoms with Gasteiger partial charge in [0.2, 0.25) is 0 Å². The molecule has 0 atom stereocenters. The van der Waals surface area contributed by atoms with E-state index >= 15 is 0 Å². The van der Waals surface area contributed by atoms with Crippen LogP contribution in [0.1, 0.15) is 5.56 Å². The molecule has 0 spiro atoms. The topological polar surface area (TPSA) is 20.3 Å². The number of para-hydroxylation sites is 1. The number of carbonyl (C=O) groups is 1. The first-order chi connectivity index (χ1) is 10.5. The average molecular weight is 309 g/mol. The Balaban J connectivity index is 2.26. The van der Waals surface area contributed by atoms with Gasteiger partial charge in [0.15, 0.2) is 0 Å². The van der Waals surface area contributed by atoms with E-state index in [0.717, 1.165) is 11.3 Å². The first-order valence-electron chi connectivity index (χ1n) is 7.55. The molecule has 0 fully saturated rings. The molecule has 0 heterocycles. The van der Waals surface area contributed by atoms with Crippen molar-refractivity contribution >= 4 is 19.7 Å². The van der Waals surface area contributed by atoms with Gasteiger partial charge in [0.1, 0.15) is 0 Å². The molecule has 22 heavy (non-hydrogen) atoms. The maximum Gasteiger partial charge on any atom is 0.250 e. The van der Waals surface area contributed by atoms with Gasteiger partial charge in [0, 0.05) is 5.69 Å². The van der Waals surface area contributed by atoms with E-state index in [-0.39, 0.29) is 5.91 Å². The molecule has 0 aromatic heterocycles. The molecule has 0 saturated carbocycles. The maximum absolute atomic E-state index is 12.7. The van der Waals surface area contributed by atoms with E-state index in [4.69, 9.17) is 0 Å². The number of hydrogen-bond donors (Lipinski definition) is 0. The van der Waals surface area contributed by atoms with Crippen LogP contribution in [0.15, 0.2) is 72.4 Å². The van der Waals surface area contributed by atoms with Crippen LogP contribution >= 0.6 is 0 Å². The number of amides is 1. The molecule has 0 aliphatic rings. The van der Waals surface area contributed by atoms with Crippen molar-refractivity contribution in [2.24, 2.45) is 0 Å². The Morgan fingerprint density at radius 2 is 1.50 bits per heavy atom. The van der Waals surface area contributed by atoms with Gasteiger partial charge in [-0.25, -0.2) is 0 Å². The molecule has 2 aromatic rings. The van der Waals surface area contributed by atoms with Crippen molar-refractivity contribution in [3.05, 3.63) is 78.0 Å². The summed E-state index contributed by atoms with van der Waals surface area (Å²) in [6, 6.07) is 19.9. The Morgan fingerprint density at radius 1 is 0.955 bits per heavy atom. The second-order valence-electron chi connectivity index (χ2n) is 6.44. The first kappa shape index (κ1) is 16.2. The summed E-state index contributed by atoms with van der Waals surface area (Å²) in [5, 5.41) is 0. The molecular weight excluding hydrogens is 286 g/mol. The number of nitrogens with zero attached hydrogens (tertiary/aromatic N) is 1. The van der Waals surface area contributed by atoms with Gasteiger partial charge in [-0.05, 0) is 23.8 Å². The van der Waals surface area contributed by atoms with Crippen LogP contribution < -0.4 is 4.90 Å². The van der Waals surface area contributed by atoms with Crippen molar-refractivity contribution in [1.29, 1.82) is 0 Å². The van der Waals surface area contributed by atoms with Crippen LogP contribution in [0.3, 0.4) is 0 Å². The molecule has 2 aromatic carbocycles. The SMILES string of the molecule is C[Si](C)(C)/C=C/C(=O)N(Cc1ccccc1)c1ccccc1. The van der Waals surface area contributed by atoms with Crippen LogP contribution in [0, 0.1) is 0 Å². The fraction of sp³-hybridized carbons (Fsp3) is 0.211. The third-order valence-electron chi connectivity index (χ3n) is 3.24. The van der Waals surface area contributed by atoms with Gasteiger partial charge in [0.05, 0.1) is 14.6 Å². The molecule has 2 nitrogen and oxygen atoms in total. The number of carbonyl (C=O) groups excluding carboxylic acids is 1. The van der Waals surface area contributed by atoms with Crippen LogP contribution in [0.4, 0.5) is 5.69 Å². The molecule has 0 aliphatic heterocycles. The zero-order valence-corrected chi connectivity index (χ0v) is 14.5. The van der Waals surface area contributed by atoms with Crippen LogP contribution in [0.2, 0.25) is 19.6 Å². The second kappa shape index (κ2) is 7.23. The van der Waals surface area contributed by atoms with E-state index in [1.54, 1.807) is 6.08 Å². The highest BCUT2D eigenvalue weighted by molar-refractivity contribution is 6.81. The van der Waals surface area contributed by atoms with Gasteiger partial charge in [-0.3, -0.25) is 4.79 Å². The van der Waals surface area contributed by atoms with E-state index < -0.39 is 8.07 Å². The number of benzene rings is 2. The Morgan fingerprint density at radius 3 is 2.05 bits per heavy atom. The Kier molecular flexibility index (Phi) is 5.34. The van der Waals surface area contributed by atoms with Gasteiger partial charge < -0.3 is 4.90 Å². The van der Waals surface area contributed by atoms with Crippen LogP contribution in [0.25, 0.3) is 0 Å². The van der Waals surface area contributed by atoms with E-state index in [2.05, 4.69) is 25.3 Å². The second-order valence-corrected chi connectivity index (χ2v) is 11.5. The highest BCUT2D eigenvalue weighted by Crippen LogP contribution is 2.18. The van der Waals surface area contributed by atoms with E-state index in [1.165, 1.54) is 0 Å². The third-order valence-corrected chi connectivity index (χ3v) is 4.41. The predicted molar refractivity (Wildman–Crippen MR) is 96.6 cm³/mol. The van der Waals surface area contributed by atoms with Gasteiger partial charge in [0.25, 0.3) is 5.91 Å². The fourth-order valence-electron chi connectivity index (χ4n) is 2.08. The summed E-state index contributed by atoms with van der Waals surface area (Å²) >= 11 is 0. The minimum atomic E-state index is -1.39. The van der Waals surface area contributed by atoms with Crippen LogP contribution in [-0.2, 0) is 11.3 Å². The van der Waals surface area contributed by atoms with Gasteiger partial charge in [-0.2, -0.15) is 0 Å². The largest absolute Gasteiger partial charge is 0.304 e. The highest BCUT2D eigenvalue weighted by Gasteiger charge is 2.15. The van der Waals surface area contributed by atoms with Gasteiger partial charge >= 0.3 is 0 Å². The molecule has 114 valence electrons. The Bertz CT molecular complexity index is 629. The van der Waals surface area contributed by atoms with Crippen molar-refractivity contribution in [1.82, 2.24) is 0 Å². The van der Waals surface area contributed by atoms with Gasteiger partial charge in [-0.1, -0.05) is 73.9 Å². The summed E-state index contributed by atoms with van der Waals surface area (Å²) < 4.78 is 0. The molecule has 0 N–H and O–H groups in total. The molecule has 0 unspecified atom stereocenters. The summed E-state index contributed by atoms with van der Waals surface area (Å²) in [6.45, 7) is 7.25. The first-order valence-corrected chi connectivity index (χ1v) is 11.1. The van der Waals surface area contributed by atoms with E-state index in [1.807, 2.05) is 65.6 Å². The minimum Gasteiger partial charge on any atom is -0.304 e. The van der Waals surface area contributed by atoms with Crippen molar-refractivity contribution in [2.45, 2.75) is 26.2 Å². The smallest absolute Gasteiger partial charge is 0.250 e. The summed E-state index contributed by atoms with van der Waals surface area (Å²) in [7, 11) is -1.39. The molecule has 0 aliphatic carbocycles. The number of rotatable bonds is 5. The molecule has 3 heteroatoms. The van der Waals surface area contributed by atoms with Crippen molar-refractivity contribution in [3.63, 3.8) is 0 Å². The van der Waals surface area contributed by atoms with Crippen LogP contribution in [0.5, 0.6) is 0 Å². The van der Waals surface area contributed by atoms with Crippen molar-refractivity contribution in [2.75, 3.05) is 4.90 Å². The average Bonchev–Trinajstić information content (AvgIpc) is 2.51. The molecular formula is C19H23NOSi. The number of hydrogen-bond acceptors (Lipinski definition) is 1. The molecule has 0 saturated heterocycles. The summed E-state index contributed by atoms with van der Waals surface area (Å²) in [5.41, 5.74) is 4.15. The lowest BCUT2D eigenvalue weighted by atomic mass is 10.2. The molecule has 2 rings (SSSR count). The predicted octanol–water partition coefficient (Wildman–Crippen LogP) is 4.65. The van der Waals surface area contributed by atoms with Crippen molar-refractivity contribution < 1.29 is 4.79 Å². The Labute approximate surface area is 134 Å². The zero-order valence-electron chi connectivity index (χ0n) is 13.5. The molecule has 0 bridgehead atoms. The maximum atomic E-state index is 12.7. The van der Waals surface area contributed by atoms with Crippen molar-refractivity contribution in [3.8, 4) is 0 Å². The van der Waals surface area contributed by atoms with Crippen LogP contribution in [-0.4, -0.2) is 14.0 Å². The lowest BCUT2D eigenvalue weighted by Gasteiger charge is -2.22. The third kappa shape index (κ3) is 5.01. The standard InChI is InChI=1S/C19H23NOSi/c1-22(2,3)15-14-19(21)20(18-12-8-5-9-13-18)16-17-10-6-4-7-11-17/h4-15H,16H2,1-3H3/b15-14+.